The number of ketones is 1. The molecule has 0 aromatic carbocycles. The van der Waals surface area contributed by atoms with Gasteiger partial charge < -0.3 is 15.3 Å². The highest BCUT2D eigenvalue weighted by molar-refractivity contribution is 5.84. The van der Waals surface area contributed by atoms with E-state index in [0.717, 1.165) is 38.5 Å². The van der Waals surface area contributed by atoms with Gasteiger partial charge in [-0.25, -0.2) is 0 Å². The van der Waals surface area contributed by atoms with Gasteiger partial charge in [0, 0.05) is 24.7 Å². The number of hydrogen-bond donors (Lipinski definition) is 3. The molecule has 144 valence electrons. The summed E-state index contributed by atoms with van der Waals surface area (Å²) in [5, 5.41) is 28.9. The lowest BCUT2D eigenvalue weighted by Gasteiger charge is -2.18. The van der Waals surface area contributed by atoms with Crippen molar-refractivity contribution in [3.05, 3.63) is 12.2 Å². The van der Waals surface area contributed by atoms with Crippen LogP contribution in [0.25, 0.3) is 0 Å². The molecular weight excluding hydrogens is 320 g/mol. The average Bonchev–Trinajstić information content (AvgIpc) is 2.82. The molecule has 0 saturated heterocycles. The molecule has 3 N–H and O–H groups in total. The summed E-state index contributed by atoms with van der Waals surface area (Å²) in [4.78, 5) is 22.6. The Labute approximate surface area is 152 Å². The van der Waals surface area contributed by atoms with Crippen LogP contribution in [-0.4, -0.2) is 39.3 Å². The molecule has 0 radical (unpaired) electrons. The zero-order valence-electron chi connectivity index (χ0n) is 16.3. The summed E-state index contributed by atoms with van der Waals surface area (Å²) in [5.41, 5.74) is 0. The van der Waals surface area contributed by atoms with Crippen molar-refractivity contribution in [3.8, 4) is 0 Å². The molecule has 1 fully saturated rings. The molecule has 0 aliphatic heterocycles. The van der Waals surface area contributed by atoms with Crippen LogP contribution in [0.1, 0.15) is 78.9 Å². The van der Waals surface area contributed by atoms with E-state index in [1.807, 2.05) is 0 Å². The van der Waals surface area contributed by atoms with Crippen LogP contribution in [0, 0.1) is 11.8 Å². The van der Waals surface area contributed by atoms with E-state index in [4.69, 9.17) is 6.48 Å². The minimum absolute atomic E-state index is 0.0391. The molecule has 0 aromatic heterocycles. The van der Waals surface area contributed by atoms with Crippen LogP contribution in [0.5, 0.6) is 0 Å². The number of aliphatic hydroxyl groups excluding tert-OH is 1. The number of carbonyl (C=O) groups is 2. The fourth-order valence-corrected chi connectivity index (χ4v) is 3.45. The zero-order valence-corrected chi connectivity index (χ0v) is 15.3. The fourth-order valence-electron chi connectivity index (χ4n) is 3.45. The number of hydrogen-bond acceptors (Lipinski definition) is 4. The van der Waals surface area contributed by atoms with E-state index in [-0.39, 0.29) is 30.5 Å². The second kappa shape index (κ2) is 12.2. The highest BCUT2D eigenvalue weighted by Gasteiger charge is 2.39. The molecule has 1 saturated carbocycles. The molecule has 4 atom stereocenters. The van der Waals surface area contributed by atoms with Crippen LogP contribution in [-0.2, 0) is 9.59 Å². The third-order valence-electron chi connectivity index (χ3n) is 4.94. The van der Waals surface area contributed by atoms with Gasteiger partial charge in [0.1, 0.15) is 5.78 Å². The summed E-state index contributed by atoms with van der Waals surface area (Å²) < 4.78 is 7.95. The van der Waals surface area contributed by atoms with Crippen molar-refractivity contribution in [3.63, 3.8) is 0 Å². The first-order valence-corrected chi connectivity index (χ1v) is 9.61. The van der Waals surface area contributed by atoms with E-state index >= 15 is 0 Å². The van der Waals surface area contributed by atoms with E-state index in [9.17, 15) is 19.8 Å². The molecule has 25 heavy (non-hydrogen) atoms. The van der Waals surface area contributed by atoms with E-state index in [2.05, 4.69) is 6.92 Å². The number of Topliss-reactive ketones (excluding diaryl/α,β-unsaturated/α-hetero) is 1. The minimum atomic E-state index is -1.65. The predicted molar refractivity (Wildman–Crippen MR) is 97.2 cm³/mol. The maximum atomic E-state index is 12.2. The quantitative estimate of drug-likeness (QED) is 0.347. The first-order valence-electron chi connectivity index (χ1n) is 10.1. The average molecular weight is 355 g/mol. The van der Waals surface area contributed by atoms with Crippen molar-refractivity contribution in [2.75, 3.05) is 0 Å². The van der Waals surface area contributed by atoms with Gasteiger partial charge in [0.15, 0.2) is 0 Å². The number of rotatable bonds is 13. The first-order chi connectivity index (χ1) is 12.3. The van der Waals surface area contributed by atoms with Crippen molar-refractivity contribution in [2.24, 2.45) is 11.8 Å². The smallest absolute Gasteiger partial charge is 0.303 e. The Morgan fingerprint density at radius 3 is 2.68 bits per heavy atom. The molecule has 1 rings (SSSR count). The summed E-state index contributed by atoms with van der Waals surface area (Å²) in [7, 11) is 0. The van der Waals surface area contributed by atoms with E-state index in [1.165, 1.54) is 6.08 Å². The predicted octanol–water partition coefficient (Wildman–Crippen LogP) is 3.48. The highest BCUT2D eigenvalue weighted by atomic mass is 16.4. The second-order valence-corrected chi connectivity index (χ2v) is 7.08. The monoisotopic (exact) mass is 355 g/mol. The van der Waals surface area contributed by atoms with Gasteiger partial charge in [0.05, 0.1) is 13.6 Å². The van der Waals surface area contributed by atoms with Crippen LogP contribution < -0.4 is 0 Å². The van der Waals surface area contributed by atoms with Crippen molar-refractivity contribution in [1.29, 1.82) is 0 Å². The molecule has 0 unspecified atom stereocenters. The summed E-state index contributed by atoms with van der Waals surface area (Å²) >= 11 is 0. The van der Waals surface area contributed by atoms with Gasteiger partial charge in [-0.2, -0.15) is 0 Å². The Kier molecular flexibility index (Phi) is 9.82. The molecule has 0 spiro atoms. The number of carboxylic acids is 1. The lowest BCUT2D eigenvalue weighted by Crippen LogP contribution is -2.19. The number of aliphatic hydroxyl groups is 2. The molecule has 0 amide bonds. The third kappa shape index (κ3) is 8.63. The Bertz CT molecular complexity index is 475. The standard InChI is InChI=1S/C20H34O5/c1-2-3-6-9-15(21)12-13-17-16(18(22)14-19(17)23)10-7-4-5-8-11-20(24)25/h12-13,15-17,19,21,23H,2-11,14H2,1H3,(H,24,25)/t15-,16+,17+,19+/m0/s1/i15D. The van der Waals surface area contributed by atoms with Gasteiger partial charge in [0.2, 0.25) is 0 Å². The maximum absolute atomic E-state index is 12.2. The van der Waals surface area contributed by atoms with Crippen molar-refractivity contribution in [1.82, 2.24) is 0 Å². The minimum Gasteiger partial charge on any atom is -0.481 e. The van der Waals surface area contributed by atoms with Gasteiger partial charge in [-0.15, -0.1) is 0 Å². The summed E-state index contributed by atoms with van der Waals surface area (Å²) in [5.74, 6) is -1.36. The topological polar surface area (TPSA) is 94.8 Å². The van der Waals surface area contributed by atoms with Crippen molar-refractivity contribution in [2.45, 2.75) is 89.7 Å². The molecule has 0 bridgehead atoms. The Morgan fingerprint density at radius 1 is 1.28 bits per heavy atom. The van der Waals surface area contributed by atoms with Crippen LogP contribution in [0.3, 0.4) is 0 Å². The number of carbonyl (C=O) groups excluding carboxylic acids is 1. The Hall–Kier alpha value is -1.20. The maximum Gasteiger partial charge on any atom is 0.303 e. The number of unbranched alkanes of at least 4 members (excludes halogenated alkanes) is 5. The van der Waals surface area contributed by atoms with Gasteiger partial charge >= 0.3 is 5.97 Å². The van der Waals surface area contributed by atoms with E-state index in [0.29, 0.717) is 19.3 Å². The highest BCUT2D eigenvalue weighted by Crippen LogP contribution is 2.34. The molecule has 1 aliphatic rings. The van der Waals surface area contributed by atoms with Gasteiger partial charge in [-0.3, -0.25) is 9.59 Å². The molecule has 5 nitrogen and oxygen atoms in total. The van der Waals surface area contributed by atoms with Crippen molar-refractivity contribution < 1.29 is 26.3 Å². The zero-order chi connectivity index (χ0) is 19.6. The number of carboxylic acid groups (broad SMARTS) is 1. The summed E-state index contributed by atoms with van der Waals surface area (Å²) in [6.45, 7) is 2.06. The lowest BCUT2D eigenvalue weighted by molar-refractivity contribution is -0.137. The number of aliphatic carboxylic acids is 1. The van der Waals surface area contributed by atoms with Crippen molar-refractivity contribution >= 4 is 11.8 Å². The second-order valence-electron chi connectivity index (χ2n) is 7.08. The van der Waals surface area contributed by atoms with Gasteiger partial charge in [0.25, 0.3) is 0 Å². The molecule has 0 heterocycles. The largest absolute Gasteiger partial charge is 0.481 e. The van der Waals surface area contributed by atoms with Crippen LogP contribution >= 0.6 is 0 Å². The molecule has 1 aliphatic carbocycles. The first kappa shape index (κ1) is 20.1. The summed E-state index contributed by atoms with van der Waals surface area (Å²) in [6.07, 6.45) is 7.88. The van der Waals surface area contributed by atoms with E-state index in [1.54, 1.807) is 6.08 Å². The summed E-state index contributed by atoms with van der Waals surface area (Å²) in [6, 6.07) is 0. The fraction of sp³-hybridized carbons (Fsp3) is 0.800. The van der Waals surface area contributed by atoms with Gasteiger partial charge in [-0.1, -0.05) is 57.6 Å². The van der Waals surface area contributed by atoms with Crippen LogP contribution in [0.4, 0.5) is 0 Å². The lowest BCUT2D eigenvalue weighted by atomic mass is 9.88. The van der Waals surface area contributed by atoms with Gasteiger partial charge in [-0.05, 0) is 19.3 Å². The molecule has 0 aromatic rings. The molecular formula is C20H34O5. The van der Waals surface area contributed by atoms with Crippen LogP contribution in [0.2, 0.25) is 0 Å². The van der Waals surface area contributed by atoms with E-state index < -0.39 is 18.2 Å². The normalized spacial score (nSPS) is 26.8. The third-order valence-corrected chi connectivity index (χ3v) is 4.94. The van der Waals surface area contributed by atoms with Crippen LogP contribution in [0.15, 0.2) is 12.2 Å². The Morgan fingerprint density at radius 2 is 2.00 bits per heavy atom. The molecule has 5 heteroatoms. The Balaban J connectivity index is 2.49. The SMILES string of the molecule is [2H][C@@](O)(C=C[C@H]1[C@H](O)CC(=O)[C@@H]1CCCCCCC(=O)O)CCCCC.